The molecule has 23 heavy (non-hydrogen) atoms. The number of carbonyl (C=O) groups excluding carboxylic acids is 1. The maximum Gasteiger partial charge on any atom is 0.276 e. The second-order valence-corrected chi connectivity index (χ2v) is 7.38. The standard InChI is InChI=1S/C16H16N4OS2/c1-10(11-2-3-11)20-14(4-6-17-20)19-15(21)13-9-23-16(18-13)12-5-7-22-8-12/h4-11H,2-3H2,1H3,(H,19,21). The number of anilines is 1. The zero-order valence-electron chi connectivity index (χ0n) is 12.6. The molecule has 1 aliphatic carbocycles. The SMILES string of the molecule is CC(C1CC1)n1nccc1NC(=O)c1csc(-c2ccsc2)n1. The topological polar surface area (TPSA) is 59.8 Å². The molecule has 1 atom stereocenters. The average molecular weight is 344 g/mol. The molecule has 0 bridgehead atoms. The van der Waals surface area contributed by atoms with Crippen LogP contribution in [-0.2, 0) is 0 Å². The first-order valence-electron chi connectivity index (χ1n) is 7.55. The zero-order chi connectivity index (χ0) is 15.8. The van der Waals surface area contributed by atoms with E-state index in [0.717, 1.165) is 16.4 Å². The van der Waals surface area contributed by atoms with Gasteiger partial charge in [-0.3, -0.25) is 4.79 Å². The third-order valence-electron chi connectivity index (χ3n) is 4.11. The van der Waals surface area contributed by atoms with Crippen LogP contribution in [0.15, 0.2) is 34.5 Å². The van der Waals surface area contributed by atoms with Crippen LogP contribution in [0.4, 0.5) is 5.82 Å². The quantitative estimate of drug-likeness (QED) is 0.751. The monoisotopic (exact) mass is 344 g/mol. The Morgan fingerprint density at radius 1 is 1.39 bits per heavy atom. The fraction of sp³-hybridized carbons (Fsp3) is 0.312. The van der Waals surface area contributed by atoms with Crippen molar-refractivity contribution in [1.29, 1.82) is 0 Å². The Kier molecular flexibility index (Phi) is 3.74. The predicted octanol–water partition coefficient (Wildman–Crippen LogP) is 4.29. The first-order chi connectivity index (χ1) is 11.2. The number of hydrogen-bond acceptors (Lipinski definition) is 5. The molecule has 3 heterocycles. The van der Waals surface area contributed by atoms with Crippen molar-refractivity contribution in [3.8, 4) is 10.6 Å². The normalized spacial score (nSPS) is 15.5. The number of nitrogens with zero attached hydrogens (tertiary/aromatic N) is 3. The lowest BCUT2D eigenvalue weighted by Gasteiger charge is -2.14. The summed E-state index contributed by atoms with van der Waals surface area (Å²) in [7, 11) is 0. The number of nitrogens with one attached hydrogen (secondary N) is 1. The third-order valence-corrected chi connectivity index (χ3v) is 5.68. The van der Waals surface area contributed by atoms with Gasteiger partial charge >= 0.3 is 0 Å². The summed E-state index contributed by atoms with van der Waals surface area (Å²) < 4.78 is 1.90. The Labute approximate surface area is 142 Å². The molecule has 1 unspecified atom stereocenters. The molecule has 1 amide bonds. The van der Waals surface area contributed by atoms with Crippen molar-refractivity contribution >= 4 is 34.4 Å². The van der Waals surface area contributed by atoms with Crippen molar-refractivity contribution in [3.05, 3.63) is 40.2 Å². The van der Waals surface area contributed by atoms with E-state index in [-0.39, 0.29) is 5.91 Å². The number of aromatic nitrogens is 3. The van der Waals surface area contributed by atoms with Gasteiger partial charge in [0.25, 0.3) is 5.91 Å². The van der Waals surface area contributed by atoms with E-state index in [1.54, 1.807) is 22.9 Å². The first-order valence-corrected chi connectivity index (χ1v) is 9.37. The van der Waals surface area contributed by atoms with Crippen molar-refractivity contribution in [3.63, 3.8) is 0 Å². The summed E-state index contributed by atoms with van der Waals surface area (Å²) in [5, 5.41) is 14.0. The lowest BCUT2D eigenvalue weighted by molar-refractivity contribution is 0.102. The highest BCUT2D eigenvalue weighted by molar-refractivity contribution is 7.14. The Morgan fingerprint density at radius 2 is 2.26 bits per heavy atom. The molecule has 0 aromatic carbocycles. The van der Waals surface area contributed by atoms with Crippen molar-refractivity contribution in [2.45, 2.75) is 25.8 Å². The zero-order valence-corrected chi connectivity index (χ0v) is 14.2. The third kappa shape index (κ3) is 2.94. The molecule has 0 aliphatic heterocycles. The van der Waals surface area contributed by atoms with Crippen LogP contribution in [0.1, 0.15) is 36.3 Å². The van der Waals surface area contributed by atoms with Gasteiger partial charge in [0.2, 0.25) is 0 Å². The maximum atomic E-state index is 12.4. The smallest absolute Gasteiger partial charge is 0.276 e. The molecule has 0 spiro atoms. The second-order valence-electron chi connectivity index (χ2n) is 5.74. The van der Waals surface area contributed by atoms with E-state index in [1.165, 1.54) is 24.2 Å². The molecular formula is C16H16N4OS2. The number of hydrogen-bond donors (Lipinski definition) is 1. The van der Waals surface area contributed by atoms with Crippen LogP contribution in [0.2, 0.25) is 0 Å². The van der Waals surface area contributed by atoms with Crippen molar-refractivity contribution in [2.24, 2.45) is 5.92 Å². The summed E-state index contributed by atoms with van der Waals surface area (Å²) in [4.78, 5) is 16.9. The van der Waals surface area contributed by atoms with Gasteiger partial charge < -0.3 is 5.32 Å². The Balaban J connectivity index is 1.51. The summed E-state index contributed by atoms with van der Waals surface area (Å²) in [6.07, 6.45) is 4.21. The fourth-order valence-electron chi connectivity index (χ4n) is 2.59. The van der Waals surface area contributed by atoms with Gasteiger partial charge in [-0.25, -0.2) is 9.67 Å². The maximum absolute atomic E-state index is 12.4. The minimum absolute atomic E-state index is 0.188. The molecule has 5 nitrogen and oxygen atoms in total. The molecular weight excluding hydrogens is 328 g/mol. The van der Waals surface area contributed by atoms with Crippen molar-refractivity contribution in [1.82, 2.24) is 14.8 Å². The van der Waals surface area contributed by atoms with Crippen LogP contribution in [0, 0.1) is 5.92 Å². The van der Waals surface area contributed by atoms with Crippen molar-refractivity contribution < 1.29 is 4.79 Å². The number of thiophene rings is 1. The van der Waals surface area contributed by atoms with Crippen LogP contribution in [-0.4, -0.2) is 20.7 Å². The van der Waals surface area contributed by atoms with Gasteiger partial charge in [0, 0.05) is 22.4 Å². The van der Waals surface area contributed by atoms with Crippen LogP contribution < -0.4 is 5.32 Å². The molecule has 7 heteroatoms. The lowest BCUT2D eigenvalue weighted by Crippen LogP contribution is -2.18. The number of thiazole rings is 1. The highest BCUT2D eigenvalue weighted by atomic mass is 32.1. The fourth-order valence-corrected chi connectivity index (χ4v) is 4.11. The van der Waals surface area contributed by atoms with Gasteiger partial charge in [0.05, 0.1) is 12.2 Å². The van der Waals surface area contributed by atoms with Crippen LogP contribution in [0.5, 0.6) is 0 Å². The molecule has 1 aliphatic rings. The highest BCUT2D eigenvalue weighted by Crippen LogP contribution is 2.40. The van der Waals surface area contributed by atoms with E-state index in [4.69, 9.17) is 0 Å². The minimum Gasteiger partial charge on any atom is -0.305 e. The second kappa shape index (κ2) is 5.90. The molecule has 3 aromatic heterocycles. The Morgan fingerprint density at radius 3 is 3.00 bits per heavy atom. The van der Waals surface area contributed by atoms with Gasteiger partial charge in [-0.2, -0.15) is 16.4 Å². The molecule has 4 rings (SSSR count). The Bertz CT molecular complexity index is 817. The van der Waals surface area contributed by atoms with Crippen LogP contribution >= 0.6 is 22.7 Å². The molecule has 1 saturated carbocycles. The van der Waals surface area contributed by atoms with E-state index >= 15 is 0 Å². The van der Waals surface area contributed by atoms with Gasteiger partial charge in [-0.15, -0.1) is 11.3 Å². The summed E-state index contributed by atoms with van der Waals surface area (Å²) >= 11 is 3.11. The van der Waals surface area contributed by atoms with E-state index in [1.807, 2.05) is 27.6 Å². The molecule has 1 fully saturated rings. The summed E-state index contributed by atoms with van der Waals surface area (Å²) in [5.41, 5.74) is 1.51. The van der Waals surface area contributed by atoms with E-state index < -0.39 is 0 Å². The van der Waals surface area contributed by atoms with Gasteiger partial charge in [-0.1, -0.05) is 0 Å². The van der Waals surface area contributed by atoms with Crippen LogP contribution in [0.3, 0.4) is 0 Å². The van der Waals surface area contributed by atoms with Gasteiger partial charge in [-0.05, 0) is 37.1 Å². The minimum atomic E-state index is -0.188. The lowest BCUT2D eigenvalue weighted by atomic mass is 10.2. The van der Waals surface area contributed by atoms with E-state index in [9.17, 15) is 4.79 Å². The van der Waals surface area contributed by atoms with Crippen LogP contribution in [0.25, 0.3) is 10.6 Å². The van der Waals surface area contributed by atoms with E-state index in [2.05, 4.69) is 22.3 Å². The summed E-state index contributed by atoms with van der Waals surface area (Å²) in [6.45, 7) is 2.15. The van der Waals surface area contributed by atoms with E-state index in [0.29, 0.717) is 17.7 Å². The molecule has 118 valence electrons. The van der Waals surface area contributed by atoms with Crippen molar-refractivity contribution in [2.75, 3.05) is 5.32 Å². The molecule has 3 aromatic rings. The average Bonchev–Trinajstić information content (AvgIpc) is 3.00. The number of carbonyl (C=O) groups is 1. The molecule has 0 saturated heterocycles. The molecule has 1 N–H and O–H groups in total. The largest absolute Gasteiger partial charge is 0.305 e. The first kappa shape index (κ1) is 14.6. The molecule has 0 radical (unpaired) electrons. The van der Waals surface area contributed by atoms with Gasteiger partial charge in [0.15, 0.2) is 0 Å². The predicted molar refractivity (Wildman–Crippen MR) is 93.0 cm³/mol. The number of rotatable bonds is 5. The highest BCUT2D eigenvalue weighted by Gasteiger charge is 2.30. The summed E-state index contributed by atoms with van der Waals surface area (Å²) in [6, 6.07) is 4.16. The number of amides is 1. The Hall–Kier alpha value is -1.99. The summed E-state index contributed by atoms with van der Waals surface area (Å²) in [5.74, 6) is 1.22. The van der Waals surface area contributed by atoms with Gasteiger partial charge in [0.1, 0.15) is 16.5 Å².